The predicted octanol–water partition coefficient (Wildman–Crippen LogP) is 2.89. The normalized spacial score (nSPS) is 17.1. The van der Waals surface area contributed by atoms with E-state index in [0.29, 0.717) is 17.2 Å². The van der Waals surface area contributed by atoms with Crippen molar-refractivity contribution in [1.29, 1.82) is 0 Å². The molecular formula is C15H16N2O2S. The van der Waals surface area contributed by atoms with Gasteiger partial charge in [0.15, 0.2) is 0 Å². The largest absolute Gasteiger partial charge is 0.493 e. The van der Waals surface area contributed by atoms with Crippen LogP contribution in [0.1, 0.15) is 32.6 Å². The molecule has 20 heavy (non-hydrogen) atoms. The van der Waals surface area contributed by atoms with Gasteiger partial charge in [-0.1, -0.05) is 18.2 Å². The van der Waals surface area contributed by atoms with Crippen molar-refractivity contribution in [2.75, 3.05) is 12.3 Å². The quantitative estimate of drug-likeness (QED) is 0.893. The third-order valence-corrected chi connectivity index (χ3v) is 4.51. The fraction of sp³-hybridized carbons (Fsp3) is 0.267. The second-order valence-electron chi connectivity index (χ2n) is 4.82. The van der Waals surface area contributed by atoms with Crippen molar-refractivity contribution < 1.29 is 9.53 Å². The first kappa shape index (κ1) is 13.0. The molecule has 0 saturated carbocycles. The molecule has 0 aliphatic carbocycles. The van der Waals surface area contributed by atoms with Crippen molar-refractivity contribution in [2.24, 2.45) is 0 Å². The lowest BCUT2D eigenvalue weighted by Crippen LogP contribution is -2.31. The second kappa shape index (κ2) is 5.17. The highest BCUT2D eigenvalue weighted by atomic mass is 32.1. The summed E-state index contributed by atoms with van der Waals surface area (Å²) in [5.74, 6) is 0.780. The maximum absolute atomic E-state index is 12.3. The van der Waals surface area contributed by atoms with Gasteiger partial charge >= 0.3 is 0 Å². The summed E-state index contributed by atoms with van der Waals surface area (Å²) in [6.07, 6.45) is 0.780. The number of hydrogen-bond donors (Lipinski definition) is 2. The molecule has 1 aliphatic heterocycles. The number of nitrogens with one attached hydrogen (secondary N) is 1. The molecule has 5 heteroatoms. The van der Waals surface area contributed by atoms with Crippen LogP contribution >= 0.6 is 11.3 Å². The number of thiophene rings is 1. The molecular weight excluding hydrogens is 272 g/mol. The third-order valence-electron chi connectivity index (χ3n) is 3.44. The smallest absolute Gasteiger partial charge is 0.261 e. The molecule has 104 valence electrons. The number of amides is 1. The Balaban J connectivity index is 1.80. The van der Waals surface area contributed by atoms with E-state index in [0.717, 1.165) is 22.6 Å². The van der Waals surface area contributed by atoms with Crippen molar-refractivity contribution in [2.45, 2.75) is 19.4 Å². The molecule has 0 bridgehead atoms. The lowest BCUT2D eigenvalue weighted by atomic mass is 10.0. The summed E-state index contributed by atoms with van der Waals surface area (Å²) in [5, 5.41) is 3.07. The Morgan fingerprint density at radius 2 is 2.25 bits per heavy atom. The van der Waals surface area contributed by atoms with E-state index in [1.165, 1.54) is 11.3 Å². The SMILES string of the molecule is Cc1sc(C(=O)NC2CCOc3ccccc32)cc1N. The van der Waals surface area contributed by atoms with Gasteiger partial charge in [-0.05, 0) is 19.1 Å². The van der Waals surface area contributed by atoms with Gasteiger partial charge in [-0.15, -0.1) is 11.3 Å². The maximum Gasteiger partial charge on any atom is 0.261 e. The van der Waals surface area contributed by atoms with E-state index in [1.807, 2.05) is 31.2 Å². The minimum Gasteiger partial charge on any atom is -0.493 e. The third kappa shape index (κ3) is 2.36. The van der Waals surface area contributed by atoms with Crippen LogP contribution in [0.5, 0.6) is 5.75 Å². The summed E-state index contributed by atoms with van der Waals surface area (Å²) in [6, 6.07) is 9.55. The summed E-state index contributed by atoms with van der Waals surface area (Å²) in [6.45, 7) is 2.54. The highest BCUT2D eigenvalue weighted by Crippen LogP contribution is 2.32. The van der Waals surface area contributed by atoms with Gasteiger partial charge in [-0.25, -0.2) is 0 Å². The van der Waals surface area contributed by atoms with Gasteiger partial charge in [0.2, 0.25) is 0 Å². The Morgan fingerprint density at radius 1 is 1.45 bits per heavy atom. The predicted molar refractivity (Wildman–Crippen MR) is 80.2 cm³/mol. The van der Waals surface area contributed by atoms with Crippen molar-refractivity contribution in [3.05, 3.63) is 45.6 Å². The lowest BCUT2D eigenvalue weighted by molar-refractivity contribution is 0.0929. The molecule has 0 fully saturated rings. The molecule has 1 unspecified atom stereocenters. The number of benzene rings is 1. The summed E-state index contributed by atoms with van der Waals surface area (Å²) in [4.78, 5) is 13.9. The molecule has 1 atom stereocenters. The van der Waals surface area contributed by atoms with E-state index >= 15 is 0 Å². The van der Waals surface area contributed by atoms with Crippen LogP contribution in [0.2, 0.25) is 0 Å². The fourth-order valence-corrected chi connectivity index (χ4v) is 3.17. The number of hydrogen-bond acceptors (Lipinski definition) is 4. The zero-order chi connectivity index (χ0) is 14.1. The van der Waals surface area contributed by atoms with E-state index in [1.54, 1.807) is 6.07 Å². The van der Waals surface area contributed by atoms with Gasteiger partial charge in [0.05, 0.1) is 17.5 Å². The van der Waals surface area contributed by atoms with E-state index < -0.39 is 0 Å². The van der Waals surface area contributed by atoms with E-state index in [9.17, 15) is 4.79 Å². The number of aryl methyl sites for hydroxylation is 1. The average Bonchev–Trinajstić information content (AvgIpc) is 2.79. The molecule has 2 aromatic rings. The Morgan fingerprint density at radius 3 is 3.00 bits per heavy atom. The van der Waals surface area contributed by atoms with Crippen molar-refractivity contribution >= 4 is 22.9 Å². The average molecular weight is 288 g/mol. The first-order chi connectivity index (χ1) is 9.65. The molecule has 3 rings (SSSR count). The minimum absolute atomic E-state index is 0.00363. The lowest BCUT2D eigenvalue weighted by Gasteiger charge is -2.26. The molecule has 0 radical (unpaired) electrons. The number of carbonyl (C=O) groups excluding carboxylic acids is 1. The number of nitrogen functional groups attached to an aromatic ring is 1. The number of carbonyl (C=O) groups is 1. The molecule has 1 amide bonds. The van der Waals surface area contributed by atoms with E-state index in [4.69, 9.17) is 10.5 Å². The van der Waals surface area contributed by atoms with Gasteiger partial charge in [-0.2, -0.15) is 0 Å². The van der Waals surface area contributed by atoms with Crippen molar-refractivity contribution in [3.8, 4) is 5.75 Å². The number of ether oxygens (including phenoxy) is 1. The zero-order valence-corrected chi connectivity index (χ0v) is 12.0. The van der Waals surface area contributed by atoms with Crippen LogP contribution in [0.15, 0.2) is 30.3 Å². The topological polar surface area (TPSA) is 64.3 Å². The molecule has 3 N–H and O–H groups in total. The maximum atomic E-state index is 12.3. The Hall–Kier alpha value is -2.01. The number of para-hydroxylation sites is 1. The van der Waals surface area contributed by atoms with E-state index in [-0.39, 0.29) is 11.9 Å². The molecule has 4 nitrogen and oxygen atoms in total. The molecule has 1 aromatic carbocycles. The van der Waals surface area contributed by atoms with Crippen molar-refractivity contribution in [1.82, 2.24) is 5.32 Å². The van der Waals surface area contributed by atoms with Crippen molar-refractivity contribution in [3.63, 3.8) is 0 Å². The molecule has 1 aliphatic rings. The second-order valence-corrected chi connectivity index (χ2v) is 6.08. The van der Waals surface area contributed by atoms with Crippen LogP contribution < -0.4 is 15.8 Å². The first-order valence-electron chi connectivity index (χ1n) is 6.53. The van der Waals surface area contributed by atoms with Crippen LogP contribution in [-0.4, -0.2) is 12.5 Å². The van der Waals surface area contributed by atoms with Crippen LogP contribution in [0.25, 0.3) is 0 Å². The molecule has 0 saturated heterocycles. The summed E-state index contributed by atoms with van der Waals surface area (Å²) >= 11 is 1.42. The molecule has 1 aromatic heterocycles. The molecule has 0 spiro atoms. The van der Waals surface area contributed by atoms with Crippen LogP contribution in [0.3, 0.4) is 0 Å². The van der Waals surface area contributed by atoms with Gasteiger partial charge in [0.25, 0.3) is 5.91 Å². The van der Waals surface area contributed by atoms with Gasteiger partial charge in [-0.3, -0.25) is 4.79 Å². The number of nitrogens with two attached hydrogens (primary N) is 1. The fourth-order valence-electron chi connectivity index (χ4n) is 2.33. The Bertz CT molecular complexity index is 632. The Labute approximate surface area is 121 Å². The summed E-state index contributed by atoms with van der Waals surface area (Å²) in [5.41, 5.74) is 7.51. The van der Waals surface area contributed by atoms with Crippen LogP contribution in [-0.2, 0) is 0 Å². The van der Waals surface area contributed by atoms with Gasteiger partial charge in [0, 0.05) is 22.5 Å². The Kier molecular flexibility index (Phi) is 3.36. The number of fused-ring (bicyclic) bond motifs is 1. The minimum atomic E-state index is -0.0727. The standard InChI is InChI=1S/C15H16N2O2S/c1-9-11(16)8-14(20-9)15(18)17-12-6-7-19-13-5-3-2-4-10(12)13/h2-5,8,12H,6-7,16H2,1H3,(H,17,18). The highest BCUT2D eigenvalue weighted by molar-refractivity contribution is 7.14. The van der Waals surface area contributed by atoms with E-state index in [2.05, 4.69) is 5.32 Å². The highest BCUT2D eigenvalue weighted by Gasteiger charge is 2.23. The summed E-state index contributed by atoms with van der Waals surface area (Å²) < 4.78 is 5.60. The van der Waals surface area contributed by atoms with Gasteiger partial charge in [0.1, 0.15) is 5.75 Å². The first-order valence-corrected chi connectivity index (χ1v) is 7.35. The van der Waals surface area contributed by atoms with Crippen LogP contribution in [0.4, 0.5) is 5.69 Å². The van der Waals surface area contributed by atoms with Crippen LogP contribution in [0, 0.1) is 6.92 Å². The molecule has 2 heterocycles. The monoisotopic (exact) mass is 288 g/mol. The number of anilines is 1. The number of rotatable bonds is 2. The summed E-state index contributed by atoms with van der Waals surface area (Å²) in [7, 11) is 0. The van der Waals surface area contributed by atoms with Gasteiger partial charge < -0.3 is 15.8 Å². The zero-order valence-electron chi connectivity index (χ0n) is 11.2.